The van der Waals surface area contributed by atoms with Gasteiger partial charge in [0.2, 0.25) is 0 Å². The summed E-state index contributed by atoms with van der Waals surface area (Å²) >= 11 is 0. The van der Waals surface area contributed by atoms with E-state index in [4.69, 9.17) is 20.2 Å². The molecule has 0 aliphatic carbocycles. The Bertz CT molecular complexity index is 1160. The highest BCUT2D eigenvalue weighted by Crippen LogP contribution is 2.31. The second-order valence-corrected chi connectivity index (χ2v) is 8.30. The Morgan fingerprint density at radius 2 is 1.94 bits per heavy atom. The van der Waals surface area contributed by atoms with Crippen LogP contribution in [0.4, 0.5) is 0 Å². The third-order valence-corrected chi connectivity index (χ3v) is 6.10. The summed E-state index contributed by atoms with van der Waals surface area (Å²) in [5.74, 6) is 0.638. The first kappa shape index (κ1) is 22.6. The third kappa shape index (κ3) is 4.92. The summed E-state index contributed by atoms with van der Waals surface area (Å²) in [4.78, 5) is 32.2. The zero-order valence-corrected chi connectivity index (χ0v) is 19.0. The molecule has 1 saturated heterocycles. The predicted molar refractivity (Wildman–Crippen MR) is 127 cm³/mol. The van der Waals surface area contributed by atoms with Gasteiger partial charge in [0.05, 0.1) is 23.9 Å². The van der Waals surface area contributed by atoms with Crippen molar-refractivity contribution in [3.05, 3.63) is 65.9 Å². The van der Waals surface area contributed by atoms with E-state index >= 15 is 0 Å². The van der Waals surface area contributed by atoms with Gasteiger partial charge in [-0.05, 0) is 43.5 Å². The number of hydrogen-bond acceptors (Lipinski definition) is 5. The molecule has 1 aliphatic rings. The number of rotatable bonds is 7. The quantitative estimate of drug-likeness (QED) is 0.593. The van der Waals surface area contributed by atoms with E-state index in [-0.39, 0.29) is 11.8 Å². The number of methoxy groups -OCH3 is 1. The predicted octanol–water partition coefficient (Wildman–Crippen LogP) is 3.91. The molecule has 0 saturated carbocycles. The molecule has 0 bridgehead atoms. The number of para-hydroxylation sites is 1. The van der Waals surface area contributed by atoms with Crippen molar-refractivity contribution < 1.29 is 19.1 Å². The molecule has 7 nitrogen and oxygen atoms in total. The number of amides is 2. The SMILES string of the molecule is CCC(Oc1cccc(OC)c1)C(=O)N1CCCC(c2nc3ccccc3cc2C(N)=O)C1. The van der Waals surface area contributed by atoms with Gasteiger partial charge >= 0.3 is 0 Å². The van der Waals surface area contributed by atoms with Gasteiger partial charge in [0.15, 0.2) is 6.10 Å². The molecule has 1 aliphatic heterocycles. The number of primary amides is 1. The molecule has 7 heteroatoms. The lowest BCUT2D eigenvalue weighted by molar-refractivity contribution is -0.140. The molecule has 2 atom stereocenters. The number of carbonyl (C=O) groups excluding carboxylic acids is 2. The lowest BCUT2D eigenvalue weighted by atomic mass is 9.90. The fourth-order valence-corrected chi connectivity index (χ4v) is 4.39. The average molecular weight is 448 g/mol. The van der Waals surface area contributed by atoms with Gasteiger partial charge in [0.25, 0.3) is 11.8 Å². The van der Waals surface area contributed by atoms with Crippen molar-refractivity contribution in [1.82, 2.24) is 9.88 Å². The van der Waals surface area contributed by atoms with Crippen LogP contribution in [0.15, 0.2) is 54.6 Å². The van der Waals surface area contributed by atoms with Crippen LogP contribution in [0, 0.1) is 0 Å². The summed E-state index contributed by atoms with van der Waals surface area (Å²) < 4.78 is 11.3. The molecule has 4 rings (SSSR count). The molecule has 172 valence electrons. The van der Waals surface area contributed by atoms with E-state index < -0.39 is 12.0 Å². The maximum absolute atomic E-state index is 13.4. The highest BCUT2D eigenvalue weighted by Gasteiger charge is 2.32. The molecule has 2 unspecified atom stereocenters. The standard InChI is InChI=1S/C26H29N3O4/c1-3-23(33-20-11-6-10-19(15-20)32-2)26(31)29-13-7-9-18(16-29)24-21(25(27)30)14-17-8-4-5-12-22(17)28-24/h4-6,8,10-12,14-15,18,23H,3,7,9,13,16H2,1-2H3,(H2,27,30). The molecule has 33 heavy (non-hydrogen) atoms. The van der Waals surface area contributed by atoms with Crippen LogP contribution in [0.3, 0.4) is 0 Å². The van der Waals surface area contributed by atoms with Gasteiger partial charge in [0.1, 0.15) is 11.5 Å². The minimum atomic E-state index is -0.601. The molecular weight excluding hydrogens is 418 g/mol. The van der Waals surface area contributed by atoms with Gasteiger partial charge in [0, 0.05) is 30.5 Å². The number of carbonyl (C=O) groups is 2. The number of nitrogens with two attached hydrogens (primary N) is 1. The molecule has 2 amide bonds. The molecule has 0 radical (unpaired) electrons. The molecule has 2 aromatic carbocycles. The van der Waals surface area contributed by atoms with Crippen LogP contribution in [0.5, 0.6) is 11.5 Å². The van der Waals surface area contributed by atoms with E-state index in [1.165, 1.54) is 0 Å². The topological polar surface area (TPSA) is 94.8 Å². The van der Waals surface area contributed by atoms with Crippen LogP contribution in [0.1, 0.15) is 48.2 Å². The first-order valence-corrected chi connectivity index (χ1v) is 11.3. The van der Waals surface area contributed by atoms with Crippen molar-refractivity contribution in [2.75, 3.05) is 20.2 Å². The van der Waals surface area contributed by atoms with Crippen molar-refractivity contribution in [2.24, 2.45) is 5.73 Å². The van der Waals surface area contributed by atoms with Gasteiger partial charge in [-0.2, -0.15) is 0 Å². The summed E-state index contributed by atoms with van der Waals surface area (Å²) in [6.45, 7) is 3.05. The Labute approximate surface area is 193 Å². The first-order valence-electron chi connectivity index (χ1n) is 11.3. The number of benzene rings is 2. The molecular formula is C26H29N3O4. The molecule has 2 N–H and O–H groups in total. The molecule has 2 heterocycles. The van der Waals surface area contributed by atoms with E-state index in [0.29, 0.717) is 42.3 Å². The van der Waals surface area contributed by atoms with Crippen molar-refractivity contribution in [2.45, 2.75) is 38.2 Å². The van der Waals surface area contributed by atoms with Crippen molar-refractivity contribution in [3.63, 3.8) is 0 Å². The van der Waals surface area contributed by atoms with E-state index in [0.717, 1.165) is 23.7 Å². The Morgan fingerprint density at radius 3 is 2.70 bits per heavy atom. The van der Waals surface area contributed by atoms with Crippen LogP contribution >= 0.6 is 0 Å². The average Bonchev–Trinajstić information content (AvgIpc) is 2.86. The number of ether oxygens (including phenoxy) is 2. The number of pyridine rings is 1. The van der Waals surface area contributed by atoms with Crippen molar-refractivity contribution in [1.29, 1.82) is 0 Å². The largest absolute Gasteiger partial charge is 0.497 e. The molecule has 1 fully saturated rings. The van der Waals surface area contributed by atoms with Crippen LogP contribution in [0.25, 0.3) is 10.9 Å². The number of piperidine rings is 1. The highest BCUT2D eigenvalue weighted by molar-refractivity contribution is 5.97. The van der Waals surface area contributed by atoms with E-state index in [1.54, 1.807) is 13.2 Å². The highest BCUT2D eigenvalue weighted by atomic mass is 16.5. The third-order valence-electron chi connectivity index (χ3n) is 6.10. The monoisotopic (exact) mass is 447 g/mol. The van der Waals surface area contributed by atoms with Crippen LogP contribution < -0.4 is 15.2 Å². The zero-order chi connectivity index (χ0) is 23.4. The molecule has 1 aromatic heterocycles. The molecule has 3 aromatic rings. The zero-order valence-electron chi connectivity index (χ0n) is 19.0. The smallest absolute Gasteiger partial charge is 0.263 e. The van der Waals surface area contributed by atoms with Crippen molar-refractivity contribution in [3.8, 4) is 11.5 Å². The fraction of sp³-hybridized carbons (Fsp3) is 0.346. The van der Waals surface area contributed by atoms with Gasteiger partial charge < -0.3 is 20.1 Å². The fourth-order valence-electron chi connectivity index (χ4n) is 4.39. The van der Waals surface area contributed by atoms with E-state index in [9.17, 15) is 9.59 Å². The number of likely N-dealkylation sites (tertiary alicyclic amines) is 1. The lowest BCUT2D eigenvalue weighted by Gasteiger charge is -2.35. The minimum absolute atomic E-state index is 0.0635. The van der Waals surface area contributed by atoms with E-state index in [2.05, 4.69) is 0 Å². The van der Waals surface area contributed by atoms with Gasteiger partial charge in [-0.1, -0.05) is 31.2 Å². The lowest BCUT2D eigenvalue weighted by Crippen LogP contribution is -2.46. The second-order valence-electron chi connectivity index (χ2n) is 8.30. The number of nitrogens with zero attached hydrogens (tertiary/aromatic N) is 2. The van der Waals surface area contributed by atoms with Crippen LogP contribution in [0.2, 0.25) is 0 Å². The molecule has 0 spiro atoms. The van der Waals surface area contributed by atoms with Crippen LogP contribution in [-0.2, 0) is 4.79 Å². The second kappa shape index (κ2) is 9.90. The normalized spacial score (nSPS) is 16.9. The van der Waals surface area contributed by atoms with E-state index in [1.807, 2.05) is 60.4 Å². The Kier molecular flexibility index (Phi) is 6.77. The van der Waals surface area contributed by atoms with Gasteiger partial charge in [-0.15, -0.1) is 0 Å². The van der Waals surface area contributed by atoms with Gasteiger partial charge in [-0.3, -0.25) is 14.6 Å². The maximum Gasteiger partial charge on any atom is 0.263 e. The first-order chi connectivity index (χ1) is 16.0. The Hall–Kier alpha value is -3.61. The summed E-state index contributed by atoms with van der Waals surface area (Å²) in [5.41, 5.74) is 7.60. The maximum atomic E-state index is 13.4. The summed E-state index contributed by atoms with van der Waals surface area (Å²) in [6, 6.07) is 16.7. The van der Waals surface area contributed by atoms with Crippen LogP contribution in [-0.4, -0.2) is 48.0 Å². The summed E-state index contributed by atoms with van der Waals surface area (Å²) in [5, 5.41) is 0.872. The summed E-state index contributed by atoms with van der Waals surface area (Å²) in [6.07, 6.45) is 1.59. The minimum Gasteiger partial charge on any atom is -0.497 e. The Morgan fingerprint density at radius 1 is 1.15 bits per heavy atom. The Balaban J connectivity index is 1.56. The number of fused-ring (bicyclic) bond motifs is 1. The number of aromatic nitrogens is 1. The van der Waals surface area contributed by atoms with Crippen molar-refractivity contribution >= 4 is 22.7 Å². The summed E-state index contributed by atoms with van der Waals surface area (Å²) in [7, 11) is 1.59. The number of hydrogen-bond donors (Lipinski definition) is 1. The van der Waals surface area contributed by atoms with Gasteiger partial charge in [-0.25, -0.2) is 0 Å².